The number of rotatable bonds is 9. The van der Waals surface area contributed by atoms with Crippen LogP contribution in [0.1, 0.15) is 12.5 Å². The molecule has 1 amide bonds. The third kappa shape index (κ3) is 6.23. The number of hydrogen-bond acceptors (Lipinski definition) is 5. The van der Waals surface area contributed by atoms with Crippen LogP contribution < -0.4 is 15.4 Å². The molecule has 25 heavy (non-hydrogen) atoms. The molecule has 2 aromatic rings. The molecule has 2 rings (SSSR count). The average Bonchev–Trinajstić information content (AvgIpc) is 2.58. The van der Waals surface area contributed by atoms with E-state index in [-0.39, 0.29) is 12.5 Å². The Hall–Kier alpha value is -1.76. The normalized spacial score (nSPS) is 10.7. The van der Waals surface area contributed by atoms with Gasteiger partial charge in [-0.2, -0.15) is 0 Å². The minimum Gasteiger partial charge on any atom is -0.472 e. The lowest BCUT2D eigenvalue weighted by atomic mass is 10.1. The number of nitrogens with zero attached hydrogens (tertiary/aromatic N) is 1. The van der Waals surface area contributed by atoms with E-state index in [4.69, 9.17) is 16.3 Å². The molecule has 0 fully saturated rings. The van der Waals surface area contributed by atoms with Gasteiger partial charge in [0, 0.05) is 47.4 Å². The second-order valence-electron chi connectivity index (χ2n) is 5.48. The molecule has 2 N–H and O–H groups in total. The van der Waals surface area contributed by atoms with Crippen LogP contribution in [0.2, 0.25) is 0 Å². The highest BCUT2D eigenvalue weighted by Gasteiger charge is 2.09. The molecule has 0 spiro atoms. The first kappa shape index (κ1) is 19.6. The van der Waals surface area contributed by atoms with Crippen LogP contribution in [0.4, 0.5) is 0 Å². The fraction of sp³-hybridized carbons (Fsp3) is 0.333. The van der Waals surface area contributed by atoms with E-state index in [0.29, 0.717) is 30.5 Å². The summed E-state index contributed by atoms with van der Waals surface area (Å²) < 4.78 is 5.72. The van der Waals surface area contributed by atoms with Crippen LogP contribution in [0.15, 0.2) is 40.8 Å². The molecule has 1 heterocycles. The maximum absolute atomic E-state index is 10.9. The third-order valence-corrected chi connectivity index (χ3v) is 4.26. The maximum atomic E-state index is 10.9. The quantitative estimate of drug-likeness (QED) is 0.517. The van der Waals surface area contributed by atoms with E-state index in [1.54, 1.807) is 11.8 Å². The fourth-order valence-electron chi connectivity index (χ4n) is 2.25. The van der Waals surface area contributed by atoms with Crippen LogP contribution in [0.5, 0.6) is 5.88 Å². The van der Waals surface area contributed by atoms with Crippen molar-refractivity contribution in [3.8, 4) is 5.88 Å². The van der Waals surface area contributed by atoms with Gasteiger partial charge >= 0.3 is 0 Å². The van der Waals surface area contributed by atoms with E-state index in [0.717, 1.165) is 21.4 Å². The molecule has 0 unspecified atom stereocenters. The Morgan fingerprint density at radius 1 is 1.36 bits per heavy atom. The Morgan fingerprint density at radius 2 is 2.16 bits per heavy atom. The number of carbonyl (C=O) groups is 1. The van der Waals surface area contributed by atoms with Crippen LogP contribution in [0, 0.1) is 0 Å². The van der Waals surface area contributed by atoms with Gasteiger partial charge in [0.2, 0.25) is 11.8 Å². The molecule has 0 aliphatic rings. The van der Waals surface area contributed by atoms with Crippen LogP contribution in [-0.4, -0.2) is 36.8 Å². The molecule has 0 aliphatic carbocycles. The van der Waals surface area contributed by atoms with Gasteiger partial charge in [0.15, 0.2) is 0 Å². The zero-order valence-electron chi connectivity index (χ0n) is 14.4. The second kappa shape index (κ2) is 9.65. The number of aromatic nitrogens is 1. The van der Waals surface area contributed by atoms with Crippen molar-refractivity contribution < 1.29 is 9.53 Å². The Morgan fingerprint density at radius 3 is 2.84 bits per heavy atom. The van der Waals surface area contributed by atoms with Crippen LogP contribution in [0.25, 0.3) is 10.9 Å². The zero-order chi connectivity index (χ0) is 18.2. The summed E-state index contributed by atoms with van der Waals surface area (Å²) in [5.41, 5.74) is 1.81. The van der Waals surface area contributed by atoms with Crippen LogP contribution in [0.3, 0.4) is 0 Å². The monoisotopic (exact) mass is 379 g/mol. The van der Waals surface area contributed by atoms with Gasteiger partial charge in [0.25, 0.3) is 0 Å². The highest BCUT2D eigenvalue weighted by molar-refractivity contribution is 7.98. The molecule has 7 heteroatoms. The fourth-order valence-corrected chi connectivity index (χ4v) is 2.74. The molecule has 0 aliphatic heterocycles. The minimum atomic E-state index is -0.0385. The van der Waals surface area contributed by atoms with Crippen molar-refractivity contribution in [1.82, 2.24) is 15.6 Å². The number of pyridine rings is 1. The first-order chi connectivity index (χ1) is 12.0. The number of benzene rings is 1. The summed E-state index contributed by atoms with van der Waals surface area (Å²) in [5, 5.41) is 7.50. The van der Waals surface area contributed by atoms with Crippen LogP contribution >= 0.6 is 23.4 Å². The van der Waals surface area contributed by atoms with Gasteiger partial charge in [-0.3, -0.25) is 4.79 Å². The summed E-state index contributed by atoms with van der Waals surface area (Å²) >= 11 is 7.49. The Bertz CT molecular complexity index is 767. The van der Waals surface area contributed by atoms with Crippen molar-refractivity contribution in [2.75, 3.05) is 26.0 Å². The predicted molar refractivity (Wildman–Crippen MR) is 104 cm³/mol. The van der Waals surface area contributed by atoms with Gasteiger partial charge in [0.1, 0.15) is 6.61 Å². The van der Waals surface area contributed by atoms with Crippen molar-refractivity contribution in [1.29, 1.82) is 0 Å². The number of hydrogen-bond donors (Lipinski definition) is 2. The summed E-state index contributed by atoms with van der Waals surface area (Å²) in [7, 11) is 0. The number of fused-ring (bicyclic) bond motifs is 1. The van der Waals surface area contributed by atoms with Gasteiger partial charge in [-0.05, 0) is 24.5 Å². The second-order valence-corrected chi connectivity index (χ2v) is 6.89. The van der Waals surface area contributed by atoms with E-state index >= 15 is 0 Å². The summed E-state index contributed by atoms with van der Waals surface area (Å²) in [5.74, 6) is 0.503. The van der Waals surface area contributed by atoms with E-state index in [9.17, 15) is 4.79 Å². The molecule has 0 saturated heterocycles. The van der Waals surface area contributed by atoms with Crippen molar-refractivity contribution in [3.63, 3.8) is 0 Å². The lowest BCUT2D eigenvalue weighted by molar-refractivity contribution is -0.118. The molecule has 134 valence electrons. The lowest BCUT2D eigenvalue weighted by Crippen LogP contribution is -2.30. The predicted octanol–water partition coefficient (Wildman–Crippen LogP) is 3.31. The third-order valence-electron chi connectivity index (χ3n) is 3.42. The number of halogens is 1. The topological polar surface area (TPSA) is 63.2 Å². The molecule has 1 aromatic carbocycles. The highest BCUT2D eigenvalue weighted by atomic mass is 35.5. The first-order valence-corrected chi connectivity index (χ1v) is 9.48. The van der Waals surface area contributed by atoms with Crippen molar-refractivity contribution >= 4 is 40.2 Å². The van der Waals surface area contributed by atoms with Crippen molar-refractivity contribution in [2.45, 2.75) is 18.4 Å². The van der Waals surface area contributed by atoms with E-state index in [1.807, 2.05) is 12.3 Å². The van der Waals surface area contributed by atoms with Crippen LogP contribution in [-0.2, 0) is 11.3 Å². The first-order valence-electron chi connectivity index (χ1n) is 7.88. The summed E-state index contributed by atoms with van der Waals surface area (Å²) in [6, 6.07) is 8.23. The maximum Gasteiger partial charge on any atom is 0.218 e. The number of nitrogens with one attached hydrogen (secondary N) is 2. The van der Waals surface area contributed by atoms with Gasteiger partial charge in [-0.1, -0.05) is 24.2 Å². The van der Waals surface area contributed by atoms with E-state index in [1.165, 1.54) is 6.92 Å². The smallest absolute Gasteiger partial charge is 0.218 e. The molecule has 0 radical (unpaired) electrons. The van der Waals surface area contributed by atoms with E-state index < -0.39 is 0 Å². The molecule has 0 saturated carbocycles. The van der Waals surface area contributed by atoms with Gasteiger partial charge in [0.05, 0.1) is 5.52 Å². The minimum absolute atomic E-state index is 0.0385. The van der Waals surface area contributed by atoms with Crippen molar-refractivity contribution in [3.05, 3.63) is 41.4 Å². The highest BCUT2D eigenvalue weighted by Crippen LogP contribution is 2.26. The Kier molecular flexibility index (Phi) is 7.55. The largest absolute Gasteiger partial charge is 0.472 e. The molecule has 1 aromatic heterocycles. The number of thioether (sulfide) groups is 1. The van der Waals surface area contributed by atoms with Gasteiger partial charge in [-0.25, -0.2) is 4.98 Å². The molecular formula is C18H22ClN3O2S. The molecule has 5 nitrogen and oxygen atoms in total. The summed E-state index contributed by atoms with van der Waals surface area (Å²) in [4.78, 5) is 16.7. The number of amides is 1. The zero-order valence-corrected chi connectivity index (χ0v) is 16.0. The lowest BCUT2D eigenvalue weighted by Gasteiger charge is -2.13. The average molecular weight is 380 g/mol. The Labute approximate surface area is 157 Å². The summed E-state index contributed by atoms with van der Waals surface area (Å²) in [6.45, 7) is 7.17. The SMILES string of the molecule is C=C(Cl)COc1nc2cc(SC)ccc2cc1CNCCNC(C)=O. The van der Waals surface area contributed by atoms with Crippen molar-refractivity contribution in [2.24, 2.45) is 0 Å². The van der Waals surface area contributed by atoms with E-state index in [2.05, 4.69) is 40.4 Å². The molecule has 0 bridgehead atoms. The molecular weight excluding hydrogens is 358 g/mol. The van der Waals surface area contributed by atoms with Gasteiger partial charge in [-0.15, -0.1) is 11.8 Å². The molecule has 0 atom stereocenters. The Balaban J connectivity index is 2.17. The summed E-state index contributed by atoms with van der Waals surface area (Å²) in [6.07, 6.45) is 2.03. The standard InChI is InChI=1S/C18H22ClN3O2S/c1-12(19)11-24-18-15(10-20-6-7-21-13(2)23)8-14-4-5-16(25-3)9-17(14)22-18/h4-5,8-9,20H,1,6-7,10-11H2,2-3H3,(H,21,23). The number of carbonyl (C=O) groups excluding carboxylic acids is 1. The number of ether oxygens (including phenoxy) is 1. The van der Waals surface area contributed by atoms with Gasteiger partial charge < -0.3 is 15.4 Å².